The molecule has 0 unspecified atom stereocenters. The maximum Gasteiger partial charge on any atom is 0.338 e. The van der Waals surface area contributed by atoms with Gasteiger partial charge in [-0.2, -0.15) is 0 Å². The molecule has 0 bridgehead atoms. The molecule has 0 saturated carbocycles. The van der Waals surface area contributed by atoms with E-state index in [0.717, 1.165) is 5.56 Å². The second-order valence-corrected chi connectivity index (χ2v) is 4.96. The van der Waals surface area contributed by atoms with E-state index < -0.39 is 5.97 Å². The predicted octanol–water partition coefficient (Wildman–Crippen LogP) is 1.64. The van der Waals surface area contributed by atoms with Gasteiger partial charge in [-0.15, -0.1) is 0 Å². The van der Waals surface area contributed by atoms with Crippen molar-refractivity contribution in [3.8, 4) is 0 Å². The highest BCUT2D eigenvalue weighted by molar-refractivity contribution is 5.91. The van der Waals surface area contributed by atoms with Gasteiger partial charge >= 0.3 is 12.0 Å². The van der Waals surface area contributed by atoms with Crippen molar-refractivity contribution in [1.82, 2.24) is 10.6 Å². The van der Waals surface area contributed by atoms with Crippen molar-refractivity contribution in [3.63, 3.8) is 0 Å². The third-order valence-corrected chi connectivity index (χ3v) is 2.47. The Kier molecular flexibility index (Phi) is 6.39. The fourth-order valence-corrected chi connectivity index (χ4v) is 1.50. The number of esters is 1. The summed E-state index contributed by atoms with van der Waals surface area (Å²) in [7, 11) is 0. The monoisotopic (exact) mass is 292 g/mol. The lowest BCUT2D eigenvalue weighted by Gasteiger charge is -2.10. The summed E-state index contributed by atoms with van der Waals surface area (Å²) in [4.78, 5) is 33.8. The summed E-state index contributed by atoms with van der Waals surface area (Å²) in [5, 5.41) is 5.42. The first-order chi connectivity index (χ1) is 9.88. The van der Waals surface area contributed by atoms with Gasteiger partial charge in [0.25, 0.3) is 0 Å². The highest BCUT2D eigenvalue weighted by Gasteiger charge is 2.08. The molecule has 6 nitrogen and oxygen atoms in total. The van der Waals surface area contributed by atoms with Gasteiger partial charge in [-0.05, 0) is 38.5 Å². The van der Waals surface area contributed by atoms with Crippen LogP contribution in [0.4, 0.5) is 4.79 Å². The van der Waals surface area contributed by atoms with Crippen molar-refractivity contribution in [2.45, 2.75) is 33.4 Å². The quantitative estimate of drug-likeness (QED) is 0.781. The average Bonchev–Trinajstić information content (AvgIpc) is 2.42. The minimum Gasteiger partial charge on any atom is -0.454 e. The zero-order chi connectivity index (χ0) is 15.8. The van der Waals surface area contributed by atoms with E-state index in [1.165, 1.54) is 6.92 Å². The van der Waals surface area contributed by atoms with E-state index in [1.54, 1.807) is 24.3 Å². The topological polar surface area (TPSA) is 84.5 Å². The largest absolute Gasteiger partial charge is 0.454 e. The molecule has 0 atom stereocenters. The van der Waals surface area contributed by atoms with Gasteiger partial charge in [0.05, 0.1) is 5.56 Å². The number of Topliss-reactive ketones (excluding diaryl/α,β-unsaturated/α-hetero) is 1. The fourth-order valence-electron chi connectivity index (χ4n) is 1.50. The van der Waals surface area contributed by atoms with Crippen LogP contribution in [0.25, 0.3) is 0 Å². The number of urea groups is 1. The Morgan fingerprint density at radius 3 is 2.29 bits per heavy atom. The second-order valence-electron chi connectivity index (χ2n) is 4.96. The van der Waals surface area contributed by atoms with Crippen LogP contribution in [0.15, 0.2) is 24.3 Å². The van der Waals surface area contributed by atoms with E-state index >= 15 is 0 Å². The van der Waals surface area contributed by atoms with Crippen LogP contribution in [0, 0.1) is 0 Å². The average molecular weight is 292 g/mol. The molecular weight excluding hydrogens is 272 g/mol. The van der Waals surface area contributed by atoms with Crippen molar-refractivity contribution in [1.29, 1.82) is 0 Å². The highest BCUT2D eigenvalue weighted by atomic mass is 16.5. The smallest absolute Gasteiger partial charge is 0.338 e. The number of hydrogen-bond acceptors (Lipinski definition) is 4. The van der Waals surface area contributed by atoms with E-state index in [-0.39, 0.29) is 24.5 Å². The van der Waals surface area contributed by atoms with Crippen LogP contribution < -0.4 is 10.6 Å². The van der Waals surface area contributed by atoms with Gasteiger partial charge in [-0.3, -0.25) is 4.79 Å². The molecule has 0 heterocycles. The molecule has 2 amide bonds. The normalized spacial score (nSPS) is 10.1. The molecule has 0 aliphatic rings. The van der Waals surface area contributed by atoms with Gasteiger partial charge in [-0.25, -0.2) is 9.59 Å². The molecule has 1 aromatic rings. The highest BCUT2D eigenvalue weighted by Crippen LogP contribution is 2.06. The molecule has 0 fully saturated rings. The number of benzene rings is 1. The minimum absolute atomic E-state index is 0.0726. The number of carbonyl (C=O) groups is 3. The van der Waals surface area contributed by atoms with Crippen LogP contribution in [0.2, 0.25) is 0 Å². The number of nitrogens with one attached hydrogen (secondary N) is 2. The summed E-state index contributed by atoms with van der Waals surface area (Å²) in [6.45, 7) is 5.24. The van der Waals surface area contributed by atoms with Crippen molar-refractivity contribution in [2.24, 2.45) is 0 Å². The summed E-state index contributed by atoms with van der Waals surface area (Å²) < 4.78 is 4.80. The Labute approximate surface area is 123 Å². The van der Waals surface area contributed by atoms with Gasteiger partial charge in [0.15, 0.2) is 5.78 Å². The molecule has 0 spiro atoms. The Balaban J connectivity index is 2.48. The van der Waals surface area contributed by atoms with Crippen LogP contribution in [0.5, 0.6) is 0 Å². The number of hydrogen-bond donors (Lipinski definition) is 2. The summed E-state index contributed by atoms with van der Waals surface area (Å²) in [5.41, 5.74) is 1.23. The van der Waals surface area contributed by atoms with Gasteiger partial charge in [0, 0.05) is 12.6 Å². The molecule has 0 aromatic heterocycles. The van der Waals surface area contributed by atoms with Crippen LogP contribution in [0.3, 0.4) is 0 Å². The van der Waals surface area contributed by atoms with E-state index in [4.69, 9.17) is 4.74 Å². The molecule has 0 saturated heterocycles. The number of ketones is 1. The van der Waals surface area contributed by atoms with Crippen molar-refractivity contribution in [3.05, 3.63) is 35.4 Å². The lowest BCUT2D eigenvalue weighted by molar-refractivity contribution is -0.120. The summed E-state index contributed by atoms with van der Waals surface area (Å²) in [6.07, 6.45) is 0. The van der Waals surface area contributed by atoms with Crippen LogP contribution in [0.1, 0.15) is 36.7 Å². The van der Waals surface area contributed by atoms with Gasteiger partial charge in [0.1, 0.15) is 6.61 Å². The molecule has 6 heteroatoms. The Morgan fingerprint density at radius 2 is 1.76 bits per heavy atom. The Hall–Kier alpha value is -2.37. The first-order valence-electron chi connectivity index (χ1n) is 6.68. The SMILES string of the molecule is CC(=O)COC(=O)c1ccc(CNC(=O)NC(C)C)cc1. The Bertz CT molecular complexity index is 509. The van der Waals surface area contributed by atoms with Crippen LogP contribution in [-0.4, -0.2) is 30.4 Å². The number of carbonyl (C=O) groups excluding carboxylic acids is 3. The van der Waals surface area contributed by atoms with E-state index in [1.807, 2.05) is 13.8 Å². The molecule has 114 valence electrons. The zero-order valence-electron chi connectivity index (χ0n) is 12.4. The van der Waals surface area contributed by atoms with E-state index in [2.05, 4.69) is 10.6 Å². The third kappa shape index (κ3) is 6.56. The molecular formula is C15H20N2O4. The molecule has 21 heavy (non-hydrogen) atoms. The van der Waals surface area contributed by atoms with E-state index in [9.17, 15) is 14.4 Å². The first kappa shape index (κ1) is 16.7. The van der Waals surface area contributed by atoms with Crippen molar-refractivity contribution < 1.29 is 19.1 Å². The van der Waals surface area contributed by atoms with Crippen LogP contribution >= 0.6 is 0 Å². The maximum atomic E-state index is 11.6. The molecule has 0 aliphatic carbocycles. The molecule has 2 N–H and O–H groups in total. The third-order valence-electron chi connectivity index (χ3n) is 2.47. The molecule has 0 aliphatic heterocycles. The Morgan fingerprint density at radius 1 is 1.14 bits per heavy atom. The van der Waals surface area contributed by atoms with Crippen LogP contribution in [-0.2, 0) is 16.1 Å². The zero-order valence-corrected chi connectivity index (χ0v) is 12.4. The summed E-state index contributed by atoms with van der Waals surface area (Å²) >= 11 is 0. The van der Waals surface area contributed by atoms with E-state index in [0.29, 0.717) is 12.1 Å². The molecule has 0 radical (unpaired) electrons. The standard InChI is InChI=1S/C15H20N2O4/c1-10(2)17-15(20)16-8-12-4-6-13(7-5-12)14(19)21-9-11(3)18/h4-7,10H,8-9H2,1-3H3,(H2,16,17,20). The second kappa shape index (κ2) is 8.04. The maximum absolute atomic E-state index is 11.6. The van der Waals surface area contributed by atoms with Gasteiger partial charge < -0.3 is 15.4 Å². The predicted molar refractivity (Wildman–Crippen MR) is 77.9 cm³/mol. The lowest BCUT2D eigenvalue weighted by Crippen LogP contribution is -2.39. The lowest BCUT2D eigenvalue weighted by atomic mass is 10.1. The number of ether oxygens (including phenoxy) is 1. The molecule has 1 aromatic carbocycles. The van der Waals surface area contributed by atoms with Crippen molar-refractivity contribution in [2.75, 3.05) is 6.61 Å². The fraction of sp³-hybridized carbons (Fsp3) is 0.400. The summed E-state index contributed by atoms with van der Waals surface area (Å²) in [5.74, 6) is -0.748. The first-order valence-corrected chi connectivity index (χ1v) is 6.68. The minimum atomic E-state index is -0.540. The number of rotatable bonds is 6. The number of amides is 2. The van der Waals surface area contributed by atoms with Crippen molar-refractivity contribution >= 4 is 17.8 Å². The summed E-state index contributed by atoms with van der Waals surface area (Å²) in [6, 6.07) is 6.47. The molecule has 1 rings (SSSR count). The van der Waals surface area contributed by atoms with Gasteiger partial charge in [0.2, 0.25) is 0 Å². The van der Waals surface area contributed by atoms with Gasteiger partial charge in [-0.1, -0.05) is 12.1 Å².